The van der Waals surface area contributed by atoms with E-state index in [-0.39, 0.29) is 31.1 Å². The molecule has 0 heterocycles. The van der Waals surface area contributed by atoms with Gasteiger partial charge in [0, 0.05) is 19.3 Å². The zero-order valence-electron chi connectivity index (χ0n) is 40.2. The number of hydrogen-bond donors (Lipinski definition) is 0. The molecule has 6 nitrogen and oxygen atoms in total. The highest BCUT2D eigenvalue weighted by molar-refractivity contribution is 5.71. The van der Waals surface area contributed by atoms with E-state index in [0.717, 1.165) is 96.3 Å². The van der Waals surface area contributed by atoms with Crippen LogP contribution in [0.15, 0.2) is 60.8 Å². The van der Waals surface area contributed by atoms with Gasteiger partial charge in [0.05, 0.1) is 0 Å². The quantitative estimate of drug-likeness (QED) is 0.0263. The van der Waals surface area contributed by atoms with E-state index in [0.29, 0.717) is 19.3 Å². The van der Waals surface area contributed by atoms with Gasteiger partial charge in [-0.25, -0.2) is 0 Å². The molecule has 0 saturated carbocycles. The van der Waals surface area contributed by atoms with Gasteiger partial charge in [0.25, 0.3) is 0 Å². The Morgan fingerprint density at radius 1 is 0.328 bits per heavy atom. The fourth-order valence-electron chi connectivity index (χ4n) is 7.07. The molecule has 0 bridgehead atoms. The van der Waals surface area contributed by atoms with Crippen molar-refractivity contribution in [2.24, 2.45) is 0 Å². The van der Waals surface area contributed by atoms with Gasteiger partial charge in [0.2, 0.25) is 0 Å². The minimum atomic E-state index is -0.788. The Hall–Kier alpha value is -2.89. The summed E-state index contributed by atoms with van der Waals surface area (Å²) >= 11 is 0. The lowest BCUT2D eigenvalue weighted by atomic mass is 10.1. The van der Waals surface area contributed by atoms with Crippen molar-refractivity contribution >= 4 is 17.9 Å². The Labute approximate surface area is 377 Å². The van der Waals surface area contributed by atoms with Crippen LogP contribution in [-0.4, -0.2) is 37.2 Å². The van der Waals surface area contributed by atoms with Gasteiger partial charge in [-0.15, -0.1) is 0 Å². The van der Waals surface area contributed by atoms with E-state index in [1.54, 1.807) is 0 Å². The van der Waals surface area contributed by atoms with Crippen molar-refractivity contribution in [2.75, 3.05) is 13.2 Å². The maximum atomic E-state index is 12.8. The zero-order chi connectivity index (χ0) is 44.4. The summed E-state index contributed by atoms with van der Waals surface area (Å²) in [5, 5.41) is 0. The molecule has 0 N–H and O–H groups in total. The Morgan fingerprint density at radius 3 is 1.00 bits per heavy atom. The zero-order valence-corrected chi connectivity index (χ0v) is 40.2. The third-order valence-electron chi connectivity index (χ3n) is 11.0. The van der Waals surface area contributed by atoms with Gasteiger partial charge in [-0.3, -0.25) is 14.4 Å². The van der Waals surface area contributed by atoms with Gasteiger partial charge in [-0.05, 0) is 89.9 Å². The van der Waals surface area contributed by atoms with Crippen molar-refractivity contribution in [1.82, 2.24) is 0 Å². The molecule has 0 amide bonds. The summed E-state index contributed by atoms with van der Waals surface area (Å²) in [7, 11) is 0. The normalized spacial score (nSPS) is 12.5. The molecule has 352 valence electrons. The van der Waals surface area contributed by atoms with Gasteiger partial charge in [-0.1, -0.05) is 204 Å². The highest BCUT2D eigenvalue weighted by Crippen LogP contribution is 2.14. The average molecular weight is 853 g/mol. The Morgan fingerprint density at radius 2 is 0.590 bits per heavy atom. The first-order valence-electron chi connectivity index (χ1n) is 25.8. The smallest absolute Gasteiger partial charge is 0.306 e. The number of rotatable bonds is 46. The SMILES string of the molecule is CCCCC/C=C\C/C=C\C/C=C\C/C=C\CCCCCC(=O)OC[C@@H](COC(=O)CCCCCCCCCCCCC)OC(=O)CCCCCCC/C=C\CCCCCC. The Bertz CT molecular complexity index is 1120. The Balaban J connectivity index is 4.41. The van der Waals surface area contributed by atoms with E-state index in [2.05, 4.69) is 81.5 Å². The molecular formula is C55H96O6. The molecular weight excluding hydrogens is 757 g/mol. The van der Waals surface area contributed by atoms with Crippen molar-refractivity contribution in [3.63, 3.8) is 0 Å². The largest absolute Gasteiger partial charge is 0.462 e. The lowest BCUT2D eigenvalue weighted by Gasteiger charge is -2.18. The van der Waals surface area contributed by atoms with Crippen LogP contribution in [0.5, 0.6) is 0 Å². The first-order valence-corrected chi connectivity index (χ1v) is 25.8. The van der Waals surface area contributed by atoms with Crippen LogP contribution < -0.4 is 0 Å². The molecule has 0 rings (SSSR count). The second-order valence-electron chi connectivity index (χ2n) is 17.1. The van der Waals surface area contributed by atoms with Crippen LogP contribution >= 0.6 is 0 Å². The summed E-state index contributed by atoms with van der Waals surface area (Å²) in [6.45, 7) is 6.56. The highest BCUT2D eigenvalue weighted by Gasteiger charge is 2.19. The van der Waals surface area contributed by atoms with E-state index in [1.165, 1.54) is 116 Å². The number of esters is 3. The molecule has 61 heavy (non-hydrogen) atoms. The van der Waals surface area contributed by atoms with Gasteiger partial charge >= 0.3 is 17.9 Å². The molecule has 0 aliphatic carbocycles. The lowest BCUT2D eigenvalue weighted by molar-refractivity contribution is -0.167. The molecule has 0 aromatic heterocycles. The number of carbonyl (C=O) groups excluding carboxylic acids is 3. The second kappa shape index (κ2) is 49.8. The lowest BCUT2D eigenvalue weighted by Crippen LogP contribution is -2.30. The summed E-state index contributed by atoms with van der Waals surface area (Å²) in [6, 6.07) is 0. The van der Waals surface area contributed by atoms with E-state index in [4.69, 9.17) is 14.2 Å². The third kappa shape index (κ3) is 48.0. The number of ether oxygens (including phenoxy) is 3. The summed E-state index contributed by atoms with van der Waals surface area (Å²) in [5.74, 6) is -0.925. The molecule has 0 aliphatic rings. The minimum Gasteiger partial charge on any atom is -0.462 e. The van der Waals surface area contributed by atoms with Crippen LogP contribution in [0.3, 0.4) is 0 Å². The standard InChI is InChI=1S/C55H96O6/c1-4-7-10-13-16-19-22-24-25-26-27-28-29-31-33-36-39-42-45-48-54(57)60-51-52(50-59-53(56)47-44-41-38-35-32-21-18-15-12-9-6-3)61-55(58)49-46-43-40-37-34-30-23-20-17-14-11-8-5-2/h16,19-20,23-25,27-28,31,33,52H,4-15,17-18,21-22,26,29-30,32,34-51H2,1-3H3/b19-16-,23-20-,25-24-,28-27-,33-31-/t52-/m1/s1. The first kappa shape index (κ1) is 58.1. The van der Waals surface area contributed by atoms with Crippen LogP contribution in [0.1, 0.15) is 252 Å². The predicted molar refractivity (Wildman–Crippen MR) is 261 cm³/mol. The van der Waals surface area contributed by atoms with Gasteiger partial charge in [-0.2, -0.15) is 0 Å². The van der Waals surface area contributed by atoms with E-state index < -0.39 is 6.10 Å². The number of unbranched alkanes of at least 4 members (excludes halogenated alkanes) is 25. The second-order valence-corrected chi connectivity index (χ2v) is 17.1. The summed E-state index contributed by atoms with van der Waals surface area (Å²) < 4.78 is 16.7. The fourth-order valence-corrected chi connectivity index (χ4v) is 7.07. The molecule has 0 spiro atoms. The molecule has 6 heteroatoms. The minimum absolute atomic E-state index is 0.0862. The molecule has 0 aromatic carbocycles. The van der Waals surface area contributed by atoms with Crippen LogP contribution in [0.2, 0.25) is 0 Å². The topological polar surface area (TPSA) is 78.9 Å². The summed E-state index contributed by atoms with van der Waals surface area (Å²) in [6.07, 6.45) is 60.6. The predicted octanol–water partition coefficient (Wildman–Crippen LogP) is 16.9. The number of hydrogen-bond acceptors (Lipinski definition) is 6. The van der Waals surface area contributed by atoms with Crippen molar-refractivity contribution in [1.29, 1.82) is 0 Å². The molecule has 0 unspecified atom stereocenters. The van der Waals surface area contributed by atoms with E-state index in [1.807, 2.05) is 0 Å². The van der Waals surface area contributed by atoms with E-state index >= 15 is 0 Å². The summed E-state index contributed by atoms with van der Waals surface area (Å²) in [5.41, 5.74) is 0. The van der Waals surface area contributed by atoms with Crippen LogP contribution in [0.4, 0.5) is 0 Å². The number of carbonyl (C=O) groups is 3. The molecule has 0 saturated heterocycles. The maximum absolute atomic E-state index is 12.8. The van der Waals surface area contributed by atoms with Crippen molar-refractivity contribution in [3.8, 4) is 0 Å². The van der Waals surface area contributed by atoms with Crippen molar-refractivity contribution in [3.05, 3.63) is 60.8 Å². The highest BCUT2D eigenvalue weighted by atomic mass is 16.6. The van der Waals surface area contributed by atoms with Crippen LogP contribution in [-0.2, 0) is 28.6 Å². The first-order chi connectivity index (χ1) is 30.0. The molecule has 1 atom stereocenters. The van der Waals surface area contributed by atoms with Gasteiger partial charge in [0.15, 0.2) is 6.10 Å². The van der Waals surface area contributed by atoms with Gasteiger partial charge < -0.3 is 14.2 Å². The van der Waals surface area contributed by atoms with Gasteiger partial charge in [0.1, 0.15) is 13.2 Å². The van der Waals surface area contributed by atoms with Crippen molar-refractivity contribution in [2.45, 2.75) is 258 Å². The average Bonchev–Trinajstić information content (AvgIpc) is 3.26. The Kier molecular flexibility index (Phi) is 47.4. The van der Waals surface area contributed by atoms with Crippen molar-refractivity contribution < 1.29 is 28.6 Å². The monoisotopic (exact) mass is 853 g/mol. The van der Waals surface area contributed by atoms with Crippen LogP contribution in [0.25, 0.3) is 0 Å². The van der Waals surface area contributed by atoms with Crippen LogP contribution in [0, 0.1) is 0 Å². The molecule has 0 fully saturated rings. The number of allylic oxidation sites excluding steroid dienone is 10. The van der Waals surface area contributed by atoms with E-state index in [9.17, 15) is 14.4 Å². The molecule has 0 aliphatic heterocycles. The summed E-state index contributed by atoms with van der Waals surface area (Å²) in [4.78, 5) is 37.9. The fraction of sp³-hybridized carbons (Fsp3) is 0.764. The maximum Gasteiger partial charge on any atom is 0.306 e. The molecule has 0 aromatic rings. The third-order valence-corrected chi connectivity index (χ3v) is 11.0. The molecule has 0 radical (unpaired) electrons.